The van der Waals surface area contributed by atoms with Gasteiger partial charge in [-0.25, -0.2) is 0 Å². The van der Waals surface area contributed by atoms with E-state index in [9.17, 15) is 9.59 Å². The van der Waals surface area contributed by atoms with Gasteiger partial charge in [0.25, 0.3) is 0 Å². The third-order valence-electron chi connectivity index (χ3n) is 4.80. The molecule has 0 spiro atoms. The lowest BCUT2D eigenvalue weighted by Gasteiger charge is -2.10. The summed E-state index contributed by atoms with van der Waals surface area (Å²) < 4.78 is 0. The van der Waals surface area contributed by atoms with Gasteiger partial charge >= 0.3 is 0 Å². The van der Waals surface area contributed by atoms with Gasteiger partial charge in [0.05, 0.1) is 11.9 Å². The molecule has 5 nitrogen and oxygen atoms in total. The lowest BCUT2D eigenvalue weighted by molar-refractivity contribution is -0.117. The van der Waals surface area contributed by atoms with E-state index in [1.165, 1.54) is 6.08 Å². The van der Waals surface area contributed by atoms with Crippen molar-refractivity contribution in [3.63, 3.8) is 0 Å². The molecule has 0 atom stereocenters. The van der Waals surface area contributed by atoms with Crippen molar-refractivity contribution in [3.05, 3.63) is 71.4 Å². The standard InChI is InChI=1S/C22H23N3O2/c1-4-20(27)24-12-15-6-5-7-16(10-15)18-9-8-17(11-19(23)26)22-21(18)13(2)14(3)25-22/h4-10,25H,1,11-12H2,2-3H3,(H2,23,26)(H,24,27). The van der Waals surface area contributed by atoms with Gasteiger partial charge in [0, 0.05) is 17.6 Å². The zero-order chi connectivity index (χ0) is 19.6. The molecular formula is C22H23N3O2. The molecule has 3 rings (SSSR count). The molecule has 0 aliphatic carbocycles. The summed E-state index contributed by atoms with van der Waals surface area (Å²) >= 11 is 0. The first-order valence-corrected chi connectivity index (χ1v) is 8.79. The molecule has 1 aromatic heterocycles. The second-order valence-corrected chi connectivity index (χ2v) is 6.66. The number of nitrogens with two attached hydrogens (primary N) is 1. The van der Waals surface area contributed by atoms with E-state index in [0.29, 0.717) is 6.54 Å². The normalized spacial score (nSPS) is 10.7. The van der Waals surface area contributed by atoms with Crippen molar-refractivity contribution < 1.29 is 9.59 Å². The molecule has 27 heavy (non-hydrogen) atoms. The predicted molar refractivity (Wildman–Crippen MR) is 108 cm³/mol. The Morgan fingerprint density at radius 1 is 1.22 bits per heavy atom. The summed E-state index contributed by atoms with van der Waals surface area (Å²) in [6, 6.07) is 12.0. The number of benzene rings is 2. The molecule has 1 heterocycles. The molecule has 138 valence electrons. The number of rotatable bonds is 6. The number of aromatic amines is 1. The Labute approximate surface area is 158 Å². The summed E-state index contributed by atoms with van der Waals surface area (Å²) in [5.41, 5.74) is 12.6. The Balaban J connectivity index is 2.08. The molecule has 4 N–H and O–H groups in total. The molecular weight excluding hydrogens is 338 g/mol. The van der Waals surface area contributed by atoms with Gasteiger partial charge in [-0.2, -0.15) is 0 Å². The Kier molecular flexibility index (Phi) is 5.12. The average molecular weight is 361 g/mol. The first-order chi connectivity index (χ1) is 12.9. The molecule has 3 aromatic rings. The monoisotopic (exact) mass is 361 g/mol. The highest BCUT2D eigenvalue weighted by Gasteiger charge is 2.15. The van der Waals surface area contributed by atoms with Crippen molar-refractivity contribution in [1.82, 2.24) is 10.3 Å². The molecule has 0 aliphatic rings. The Hall–Kier alpha value is -3.34. The maximum atomic E-state index is 11.4. The van der Waals surface area contributed by atoms with Crippen molar-refractivity contribution in [2.45, 2.75) is 26.8 Å². The smallest absolute Gasteiger partial charge is 0.243 e. The highest BCUT2D eigenvalue weighted by atomic mass is 16.1. The SMILES string of the molecule is C=CC(=O)NCc1cccc(-c2ccc(CC(N)=O)c3[nH]c(C)c(C)c23)c1. The Morgan fingerprint density at radius 3 is 2.70 bits per heavy atom. The van der Waals surface area contributed by atoms with Crippen molar-refractivity contribution in [2.75, 3.05) is 0 Å². The molecule has 0 radical (unpaired) electrons. The molecule has 2 amide bonds. The number of hydrogen-bond donors (Lipinski definition) is 3. The summed E-state index contributed by atoms with van der Waals surface area (Å²) in [4.78, 5) is 26.2. The van der Waals surface area contributed by atoms with Crippen LogP contribution in [0.1, 0.15) is 22.4 Å². The zero-order valence-electron chi connectivity index (χ0n) is 15.6. The number of carbonyl (C=O) groups is 2. The Bertz CT molecular complexity index is 1050. The van der Waals surface area contributed by atoms with Gasteiger partial charge in [-0.1, -0.05) is 36.9 Å². The van der Waals surface area contributed by atoms with Crippen LogP contribution in [0.4, 0.5) is 0 Å². The summed E-state index contributed by atoms with van der Waals surface area (Å²) in [5, 5.41) is 3.89. The number of aryl methyl sites for hydroxylation is 2. The van der Waals surface area contributed by atoms with Gasteiger partial charge in [-0.05, 0) is 53.8 Å². The lowest BCUT2D eigenvalue weighted by atomic mass is 9.94. The first kappa shape index (κ1) is 18.5. The Morgan fingerprint density at radius 2 is 2.00 bits per heavy atom. The molecule has 2 aromatic carbocycles. The van der Waals surface area contributed by atoms with E-state index in [0.717, 1.165) is 44.4 Å². The number of nitrogens with one attached hydrogen (secondary N) is 2. The van der Waals surface area contributed by atoms with Gasteiger partial charge in [0.15, 0.2) is 0 Å². The summed E-state index contributed by atoms with van der Waals surface area (Å²) in [6.07, 6.45) is 1.46. The third kappa shape index (κ3) is 3.77. The van der Waals surface area contributed by atoms with Gasteiger partial charge in [-0.3, -0.25) is 9.59 Å². The van der Waals surface area contributed by atoms with E-state index in [1.807, 2.05) is 37.3 Å². The quantitative estimate of drug-likeness (QED) is 0.588. The van der Waals surface area contributed by atoms with Crippen LogP contribution in [0.25, 0.3) is 22.0 Å². The van der Waals surface area contributed by atoms with Crippen molar-refractivity contribution in [2.24, 2.45) is 5.73 Å². The van der Waals surface area contributed by atoms with Crippen LogP contribution in [-0.4, -0.2) is 16.8 Å². The van der Waals surface area contributed by atoms with Crippen LogP contribution >= 0.6 is 0 Å². The van der Waals surface area contributed by atoms with Crippen LogP contribution in [-0.2, 0) is 22.6 Å². The molecule has 0 fully saturated rings. The summed E-state index contributed by atoms with van der Waals surface area (Å²) in [7, 11) is 0. The third-order valence-corrected chi connectivity index (χ3v) is 4.80. The number of aromatic nitrogens is 1. The highest BCUT2D eigenvalue weighted by molar-refractivity contribution is 6.01. The highest BCUT2D eigenvalue weighted by Crippen LogP contribution is 2.35. The summed E-state index contributed by atoms with van der Waals surface area (Å²) in [5.74, 6) is -0.551. The van der Waals surface area contributed by atoms with Crippen LogP contribution in [0.15, 0.2) is 49.1 Å². The number of H-pyrrole nitrogens is 1. The van der Waals surface area contributed by atoms with Crippen LogP contribution in [0.5, 0.6) is 0 Å². The number of hydrogen-bond acceptors (Lipinski definition) is 2. The van der Waals surface area contributed by atoms with Crippen LogP contribution in [0.2, 0.25) is 0 Å². The molecule has 0 saturated carbocycles. The summed E-state index contributed by atoms with van der Waals surface area (Å²) in [6.45, 7) is 7.99. The van der Waals surface area contributed by atoms with E-state index in [1.54, 1.807) is 0 Å². The maximum absolute atomic E-state index is 11.4. The average Bonchev–Trinajstić information content (AvgIpc) is 2.95. The van der Waals surface area contributed by atoms with E-state index < -0.39 is 0 Å². The number of amides is 2. The van der Waals surface area contributed by atoms with E-state index in [4.69, 9.17) is 5.73 Å². The molecule has 0 saturated heterocycles. The van der Waals surface area contributed by atoms with Crippen LogP contribution in [0.3, 0.4) is 0 Å². The van der Waals surface area contributed by atoms with E-state index in [-0.39, 0.29) is 18.2 Å². The van der Waals surface area contributed by atoms with Gasteiger partial charge < -0.3 is 16.0 Å². The second-order valence-electron chi connectivity index (χ2n) is 6.66. The molecule has 0 aliphatic heterocycles. The molecule has 0 unspecified atom stereocenters. The fourth-order valence-corrected chi connectivity index (χ4v) is 3.33. The van der Waals surface area contributed by atoms with Crippen LogP contribution in [0, 0.1) is 13.8 Å². The molecule has 5 heteroatoms. The topological polar surface area (TPSA) is 88.0 Å². The number of primary amides is 1. The van der Waals surface area contributed by atoms with Crippen molar-refractivity contribution in [1.29, 1.82) is 0 Å². The number of carbonyl (C=O) groups excluding carboxylic acids is 2. The largest absolute Gasteiger partial charge is 0.369 e. The van der Waals surface area contributed by atoms with E-state index >= 15 is 0 Å². The zero-order valence-corrected chi connectivity index (χ0v) is 15.6. The fraction of sp³-hybridized carbons (Fsp3) is 0.182. The lowest BCUT2D eigenvalue weighted by Crippen LogP contribution is -2.19. The van der Waals surface area contributed by atoms with Crippen molar-refractivity contribution in [3.8, 4) is 11.1 Å². The minimum atomic E-state index is -0.353. The fourth-order valence-electron chi connectivity index (χ4n) is 3.33. The van der Waals surface area contributed by atoms with E-state index in [2.05, 4.69) is 29.9 Å². The number of fused-ring (bicyclic) bond motifs is 1. The predicted octanol–water partition coefficient (Wildman–Crippen LogP) is 3.28. The van der Waals surface area contributed by atoms with Gasteiger partial charge in [0.2, 0.25) is 11.8 Å². The van der Waals surface area contributed by atoms with Gasteiger partial charge in [0.1, 0.15) is 0 Å². The minimum absolute atomic E-state index is 0.198. The second kappa shape index (κ2) is 7.50. The van der Waals surface area contributed by atoms with Crippen LogP contribution < -0.4 is 11.1 Å². The minimum Gasteiger partial charge on any atom is -0.369 e. The van der Waals surface area contributed by atoms with Gasteiger partial charge in [-0.15, -0.1) is 0 Å². The van der Waals surface area contributed by atoms with Crippen molar-refractivity contribution >= 4 is 22.7 Å². The first-order valence-electron chi connectivity index (χ1n) is 8.79. The maximum Gasteiger partial charge on any atom is 0.243 e. The molecule has 0 bridgehead atoms.